The Balaban J connectivity index is 1.41. The number of likely N-dealkylation sites (tertiary alicyclic amines) is 1. The highest BCUT2D eigenvalue weighted by molar-refractivity contribution is 8.00. The van der Waals surface area contributed by atoms with E-state index in [1.807, 2.05) is 12.1 Å². The fraction of sp³-hybridized carbons (Fsp3) is 0.455. The number of phenols is 1. The number of carboxylic acids is 1. The van der Waals surface area contributed by atoms with Gasteiger partial charge in [-0.2, -0.15) is 0 Å². The smallest absolute Gasteiger partial charge is 0.305 e. The van der Waals surface area contributed by atoms with Gasteiger partial charge in [-0.25, -0.2) is 0 Å². The predicted octanol–water partition coefficient (Wildman–Crippen LogP) is 2.09. The molecular weight excluding hydrogens is 452 g/mol. The molecule has 3 fully saturated rings. The average molecular weight is 473 g/mol. The number of H-pyrrole nitrogens is 1. The third-order valence-electron chi connectivity index (χ3n) is 7.62. The van der Waals surface area contributed by atoms with Gasteiger partial charge in [-0.15, -0.1) is 11.8 Å². The molecular formula is C22H20N2O6S2. The van der Waals surface area contributed by atoms with Gasteiger partial charge in [-0.1, -0.05) is 23.5 Å². The summed E-state index contributed by atoms with van der Waals surface area (Å²) in [6, 6.07) is 7.00. The largest absolute Gasteiger partial charge is 0.508 e. The van der Waals surface area contributed by atoms with Crippen LogP contribution in [0.5, 0.6) is 5.75 Å². The van der Waals surface area contributed by atoms with E-state index in [1.165, 1.54) is 11.3 Å². The molecule has 4 aliphatic rings. The lowest BCUT2D eigenvalue weighted by atomic mass is 9.68. The lowest BCUT2D eigenvalue weighted by Gasteiger charge is -2.43. The van der Waals surface area contributed by atoms with Crippen molar-refractivity contribution in [3.05, 3.63) is 44.4 Å². The van der Waals surface area contributed by atoms with Crippen LogP contribution in [-0.4, -0.2) is 49.7 Å². The number of carbonyl (C=O) groups excluding carboxylic acids is 2. The van der Waals surface area contributed by atoms with Crippen LogP contribution < -0.4 is 4.87 Å². The van der Waals surface area contributed by atoms with E-state index in [0.29, 0.717) is 0 Å². The predicted molar refractivity (Wildman–Crippen MR) is 116 cm³/mol. The summed E-state index contributed by atoms with van der Waals surface area (Å²) in [5.41, 5.74) is 0.984. The molecule has 2 aliphatic heterocycles. The summed E-state index contributed by atoms with van der Waals surface area (Å²) in [6.07, 6.45) is 0.540. The second-order valence-electron chi connectivity index (χ2n) is 9.02. The number of hydrogen-bond donors (Lipinski definition) is 3. The Kier molecular flexibility index (Phi) is 4.36. The van der Waals surface area contributed by atoms with E-state index < -0.39 is 17.8 Å². The van der Waals surface area contributed by atoms with Crippen molar-refractivity contribution in [3.8, 4) is 5.75 Å². The highest BCUT2D eigenvalue weighted by Crippen LogP contribution is 2.68. The number of aromatic nitrogens is 1. The second-order valence-corrected chi connectivity index (χ2v) is 11.2. The highest BCUT2D eigenvalue weighted by Gasteiger charge is 2.69. The summed E-state index contributed by atoms with van der Waals surface area (Å²) < 4.78 is 0. The molecule has 2 aromatic rings. The first-order valence-corrected chi connectivity index (χ1v) is 12.3. The highest BCUT2D eigenvalue weighted by atomic mass is 32.2. The quantitative estimate of drug-likeness (QED) is 0.582. The summed E-state index contributed by atoms with van der Waals surface area (Å²) >= 11 is 2.80. The summed E-state index contributed by atoms with van der Waals surface area (Å²) in [5.74, 6) is -2.15. The number of benzene rings is 1. The Morgan fingerprint density at radius 3 is 2.47 bits per heavy atom. The molecule has 0 radical (unpaired) electrons. The number of aliphatic carboxylic acids is 1. The molecule has 3 N–H and O–H groups in total. The maximum atomic E-state index is 13.2. The zero-order chi connectivity index (χ0) is 22.3. The van der Waals surface area contributed by atoms with E-state index in [4.69, 9.17) is 5.11 Å². The fourth-order valence-corrected chi connectivity index (χ4v) is 9.45. The van der Waals surface area contributed by atoms with Gasteiger partial charge < -0.3 is 15.2 Å². The normalized spacial score (nSPS) is 34.5. The van der Waals surface area contributed by atoms with Crippen molar-refractivity contribution in [1.82, 2.24) is 9.88 Å². The lowest BCUT2D eigenvalue weighted by Crippen LogP contribution is -2.42. The Bertz CT molecular complexity index is 1200. The van der Waals surface area contributed by atoms with Gasteiger partial charge in [0.1, 0.15) is 5.75 Å². The Morgan fingerprint density at radius 1 is 1.09 bits per heavy atom. The molecule has 0 unspecified atom stereocenters. The van der Waals surface area contributed by atoms with E-state index in [-0.39, 0.29) is 64.3 Å². The van der Waals surface area contributed by atoms with Gasteiger partial charge in [0.2, 0.25) is 11.8 Å². The van der Waals surface area contributed by atoms with Gasteiger partial charge in [-0.3, -0.25) is 24.1 Å². The maximum Gasteiger partial charge on any atom is 0.305 e. The van der Waals surface area contributed by atoms with E-state index in [0.717, 1.165) is 26.8 Å². The minimum Gasteiger partial charge on any atom is -0.508 e. The van der Waals surface area contributed by atoms with Crippen molar-refractivity contribution in [3.63, 3.8) is 0 Å². The summed E-state index contributed by atoms with van der Waals surface area (Å²) in [6.45, 7) is -0.0794. The average Bonchev–Trinajstić information content (AvgIpc) is 3.47. The number of nitrogens with one attached hydrogen (secondary N) is 1. The number of phenolic OH excluding ortho intramolecular Hbond substituents is 1. The molecule has 7 atom stereocenters. The van der Waals surface area contributed by atoms with Crippen LogP contribution in [-0.2, 0) is 14.4 Å². The number of carboxylic acid groups (broad SMARTS) is 1. The second kappa shape index (κ2) is 6.95. The van der Waals surface area contributed by atoms with Crippen LogP contribution in [0.25, 0.3) is 0 Å². The number of fused-ring (bicyclic) bond motifs is 9. The molecule has 2 bridgehead atoms. The molecule has 10 heteroatoms. The lowest BCUT2D eigenvalue weighted by molar-refractivity contribution is -0.142. The molecule has 32 heavy (non-hydrogen) atoms. The molecule has 166 valence electrons. The number of amides is 2. The first-order valence-electron chi connectivity index (χ1n) is 10.6. The van der Waals surface area contributed by atoms with Crippen LogP contribution in [0.15, 0.2) is 34.1 Å². The fourth-order valence-electron chi connectivity index (χ4n) is 6.56. The van der Waals surface area contributed by atoms with Crippen LogP contribution in [0.4, 0.5) is 0 Å². The van der Waals surface area contributed by atoms with Crippen molar-refractivity contribution < 1.29 is 24.6 Å². The van der Waals surface area contributed by atoms with Crippen LogP contribution >= 0.6 is 23.1 Å². The third-order valence-corrected chi connectivity index (χ3v) is 10.2. The minimum atomic E-state index is -1.03. The Labute approximate surface area is 190 Å². The van der Waals surface area contributed by atoms with Crippen molar-refractivity contribution in [2.75, 3.05) is 6.54 Å². The first kappa shape index (κ1) is 20.0. The third kappa shape index (κ3) is 2.68. The molecule has 3 heterocycles. The van der Waals surface area contributed by atoms with Crippen LogP contribution in [0.2, 0.25) is 0 Å². The van der Waals surface area contributed by atoms with E-state index in [2.05, 4.69) is 4.98 Å². The molecule has 2 aliphatic carbocycles. The van der Waals surface area contributed by atoms with Gasteiger partial charge >= 0.3 is 10.8 Å². The van der Waals surface area contributed by atoms with Crippen molar-refractivity contribution in [2.24, 2.45) is 29.6 Å². The Hall–Kier alpha value is -2.59. The molecule has 2 saturated carbocycles. The van der Waals surface area contributed by atoms with Crippen molar-refractivity contribution in [2.45, 2.75) is 29.0 Å². The molecule has 2 amide bonds. The molecule has 6 rings (SSSR count). The van der Waals surface area contributed by atoms with E-state index in [9.17, 15) is 24.3 Å². The van der Waals surface area contributed by atoms with Crippen molar-refractivity contribution >= 4 is 40.9 Å². The number of thioether (sulfide) groups is 1. The van der Waals surface area contributed by atoms with Gasteiger partial charge in [-0.05, 0) is 41.9 Å². The van der Waals surface area contributed by atoms with E-state index >= 15 is 0 Å². The summed E-state index contributed by atoms with van der Waals surface area (Å²) in [5, 5.41) is 19.7. The number of thiazole rings is 1. The van der Waals surface area contributed by atoms with Crippen LogP contribution in [0.1, 0.15) is 29.2 Å². The molecule has 0 spiro atoms. The van der Waals surface area contributed by atoms with Gasteiger partial charge in [0.05, 0.1) is 23.3 Å². The van der Waals surface area contributed by atoms with Crippen LogP contribution in [0, 0.1) is 29.6 Å². The minimum absolute atomic E-state index is 0.00191. The number of nitrogens with zero attached hydrogens (tertiary/aromatic N) is 1. The maximum absolute atomic E-state index is 13.2. The molecule has 1 aromatic carbocycles. The standard InChI is InChI=1S/C22H20N2O6S2/c25-9-3-1-8(2-4-9)13-14-10-7-11(17(14)31-19-18(13)32-22(30)23-19)16-15(10)20(28)24(21(16)29)6-5-12(26)27/h1-4,10-11,13-17,25H,5-7H2,(H,23,30)(H,26,27)/t10-,11+,13+,14+,15+,16+,17+/m0/s1. The summed E-state index contributed by atoms with van der Waals surface area (Å²) in [7, 11) is 0. The number of aromatic amines is 1. The SMILES string of the molecule is O=C(O)CCN1C(=O)[C@@H]2[C@H]3C[C@@H]([C@H]4Sc5[nH]c(=O)sc5[C@H](c5ccc(O)cc5)[C@@H]34)[C@H]2C1=O. The van der Waals surface area contributed by atoms with Crippen LogP contribution in [0.3, 0.4) is 0 Å². The first-order chi connectivity index (χ1) is 15.3. The van der Waals surface area contributed by atoms with Crippen molar-refractivity contribution in [1.29, 1.82) is 0 Å². The van der Waals surface area contributed by atoms with Gasteiger partial charge in [0.15, 0.2) is 0 Å². The number of carbonyl (C=O) groups is 3. The van der Waals surface area contributed by atoms with Gasteiger partial charge in [0, 0.05) is 22.6 Å². The zero-order valence-electron chi connectivity index (χ0n) is 16.8. The number of aromatic hydroxyl groups is 1. The number of hydrogen-bond acceptors (Lipinski definition) is 7. The molecule has 8 nitrogen and oxygen atoms in total. The van der Waals surface area contributed by atoms with E-state index in [1.54, 1.807) is 23.9 Å². The summed E-state index contributed by atoms with van der Waals surface area (Å²) in [4.78, 5) is 54.5. The van der Waals surface area contributed by atoms with Gasteiger partial charge in [0.25, 0.3) is 0 Å². The zero-order valence-corrected chi connectivity index (χ0v) is 18.4. The molecule has 1 aromatic heterocycles. The molecule has 1 saturated heterocycles. The number of imide groups is 1. The topological polar surface area (TPSA) is 128 Å². The number of rotatable bonds is 4. The monoisotopic (exact) mass is 472 g/mol. The Morgan fingerprint density at radius 2 is 1.78 bits per heavy atom.